The van der Waals surface area contributed by atoms with Crippen LogP contribution in [0, 0.1) is 5.82 Å². The van der Waals surface area contributed by atoms with Crippen LogP contribution >= 0.6 is 11.3 Å². The fourth-order valence-electron chi connectivity index (χ4n) is 4.21. The van der Waals surface area contributed by atoms with Crippen molar-refractivity contribution in [2.75, 3.05) is 31.6 Å². The summed E-state index contributed by atoms with van der Waals surface area (Å²) in [5.74, 6) is 1.55. The maximum atomic E-state index is 13.3. The maximum absolute atomic E-state index is 13.3. The number of aromatic nitrogens is 2. The number of hydrogen-bond donors (Lipinski definition) is 1. The summed E-state index contributed by atoms with van der Waals surface area (Å²) in [5, 5.41) is 4.79. The Bertz CT molecular complexity index is 1010. The average Bonchev–Trinajstić information content (AvgIpc) is 3.30. The number of thiophene rings is 1. The third-order valence-electron chi connectivity index (χ3n) is 5.80. The van der Waals surface area contributed by atoms with Crippen molar-refractivity contribution >= 4 is 27.4 Å². The molecule has 1 aliphatic heterocycles. The number of nitrogens with zero attached hydrogens (tertiary/aromatic N) is 3. The van der Waals surface area contributed by atoms with Crippen LogP contribution in [0.4, 0.5) is 10.2 Å². The Hall–Kier alpha value is -2.09. The van der Waals surface area contributed by atoms with E-state index in [4.69, 9.17) is 14.7 Å². The quantitative estimate of drug-likeness (QED) is 0.676. The number of hydrogen-bond acceptors (Lipinski definition) is 6. The number of anilines is 1. The van der Waals surface area contributed by atoms with Crippen LogP contribution in [0.1, 0.15) is 41.2 Å². The zero-order valence-electron chi connectivity index (χ0n) is 16.6. The Morgan fingerprint density at radius 3 is 2.76 bits per heavy atom. The average molecular weight is 413 g/mol. The highest BCUT2D eigenvalue weighted by Gasteiger charge is 2.24. The predicted octanol–water partition coefficient (Wildman–Crippen LogP) is 4.32. The Morgan fingerprint density at radius 2 is 1.97 bits per heavy atom. The molecule has 2 aromatic heterocycles. The number of benzene rings is 1. The number of ether oxygens (including phenoxy) is 1. The lowest BCUT2D eigenvalue weighted by atomic mass is 10.1. The zero-order valence-corrected chi connectivity index (χ0v) is 17.4. The van der Waals surface area contributed by atoms with E-state index in [0.717, 1.165) is 67.7 Å². The smallest absolute Gasteiger partial charge is 0.146 e. The lowest BCUT2D eigenvalue weighted by Crippen LogP contribution is -2.36. The molecular formula is C22H25FN4OS. The Morgan fingerprint density at radius 1 is 1.17 bits per heavy atom. The van der Waals surface area contributed by atoms with Crippen molar-refractivity contribution in [2.45, 2.75) is 38.8 Å². The van der Waals surface area contributed by atoms with E-state index >= 15 is 0 Å². The van der Waals surface area contributed by atoms with Gasteiger partial charge in [-0.05, 0) is 49.4 Å². The molecule has 1 aliphatic carbocycles. The van der Waals surface area contributed by atoms with E-state index in [1.165, 1.54) is 34.4 Å². The van der Waals surface area contributed by atoms with Crippen molar-refractivity contribution in [2.24, 2.45) is 0 Å². The molecule has 1 atom stereocenters. The normalized spacial score (nSPS) is 18.1. The van der Waals surface area contributed by atoms with Gasteiger partial charge in [0.05, 0.1) is 25.1 Å². The van der Waals surface area contributed by atoms with Crippen LogP contribution in [0.5, 0.6) is 0 Å². The van der Waals surface area contributed by atoms with Gasteiger partial charge in [0, 0.05) is 24.0 Å². The minimum absolute atomic E-state index is 0.0295. The van der Waals surface area contributed by atoms with E-state index in [-0.39, 0.29) is 11.9 Å². The Kier molecular flexibility index (Phi) is 5.20. The summed E-state index contributed by atoms with van der Waals surface area (Å²) in [7, 11) is 0. The summed E-state index contributed by atoms with van der Waals surface area (Å²) in [6.45, 7) is 6.19. The van der Waals surface area contributed by atoms with Gasteiger partial charge in [-0.2, -0.15) is 0 Å². The minimum Gasteiger partial charge on any atom is -0.379 e. The van der Waals surface area contributed by atoms with Crippen LogP contribution in [0.15, 0.2) is 24.3 Å². The summed E-state index contributed by atoms with van der Waals surface area (Å²) in [4.78, 5) is 14.8. The van der Waals surface area contributed by atoms with Gasteiger partial charge in [0.25, 0.3) is 0 Å². The third-order valence-corrected chi connectivity index (χ3v) is 6.99. The molecule has 1 N–H and O–H groups in total. The third kappa shape index (κ3) is 3.86. The fourth-order valence-corrected chi connectivity index (χ4v) is 5.49. The molecule has 1 fully saturated rings. The summed E-state index contributed by atoms with van der Waals surface area (Å²) in [5.41, 5.74) is 2.46. The molecule has 5 nitrogen and oxygen atoms in total. The van der Waals surface area contributed by atoms with Crippen LogP contribution < -0.4 is 5.32 Å². The standard InChI is InChI=1S/C22H25FN4OS/c1-14(15-5-7-16(23)8-6-15)24-21-20-17-3-2-4-18(17)29-22(20)26-19(25-21)13-27-9-11-28-12-10-27/h5-8,14H,2-4,9-13H2,1H3,(H,24,25,26)/t14-/m1/s1. The number of nitrogens with one attached hydrogen (secondary N) is 1. The van der Waals surface area contributed by atoms with Crippen molar-refractivity contribution in [1.82, 2.24) is 14.9 Å². The fraction of sp³-hybridized carbons (Fsp3) is 0.455. The number of halogens is 1. The molecule has 0 bridgehead atoms. The predicted molar refractivity (Wildman–Crippen MR) is 114 cm³/mol. The number of fused-ring (bicyclic) bond motifs is 3. The van der Waals surface area contributed by atoms with Crippen LogP contribution in [0.25, 0.3) is 10.2 Å². The lowest BCUT2D eigenvalue weighted by molar-refractivity contribution is 0.0331. The van der Waals surface area contributed by atoms with Crippen LogP contribution in [0.2, 0.25) is 0 Å². The van der Waals surface area contributed by atoms with E-state index in [0.29, 0.717) is 0 Å². The van der Waals surface area contributed by atoms with Crippen LogP contribution in [-0.4, -0.2) is 41.2 Å². The van der Waals surface area contributed by atoms with Gasteiger partial charge in [-0.25, -0.2) is 14.4 Å². The van der Waals surface area contributed by atoms with Gasteiger partial charge in [0.2, 0.25) is 0 Å². The highest BCUT2D eigenvalue weighted by Crippen LogP contribution is 2.40. The summed E-state index contributed by atoms with van der Waals surface area (Å²) in [6, 6.07) is 6.71. The SMILES string of the molecule is C[C@@H](Nc1nc(CN2CCOCC2)nc2sc3c(c12)CCC3)c1ccc(F)cc1. The highest BCUT2D eigenvalue weighted by atomic mass is 32.1. The van der Waals surface area contributed by atoms with Crippen molar-refractivity contribution < 1.29 is 9.13 Å². The van der Waals surface area contributed by atoms with Gasteiger partial charge in [-0.3, -0.25) is 4.90 Å². The van der Waals surface area contributed by atoms with Crippen molar-refractivity contribution in [3.63, 3.8) is 0 Å². The topological polar surface area (TPSA) is 50.3 Å². The second-order valence-electron chi connectivity index (χ2n) is 7.83. The van der Waals surface area contributed by atoms with E-state index in [2.05, 4.69) is 17.1 Å². The van der Waals surface area contributed by atoms with Gasteiger partial charge < -0.3 is 10.1 Å². The van der Waals surface area contributed by atoms with Gasteiger partial charge in [0.15, 0.2) is 0 Å². The molecule has 1 saturated heterocycles. The van der Waals surface area contributed by atoms with Crippen molar-refractivity contribution in [1.29, 1.82) is 0 Å². The summed E-state index contributed by atoms with van der Waals surface area (Å²) < 4.78 is 18.8. The monoisotopic (exact) mass is 412 g/mol. The highest BCUT2D eigenvalue weighted by molar-refractivity contribution is 7.19. The molecule has 3 aromatic rings. The lowest BCUT2D eigenvalue weighted by Gasteiger charge is -2.26. The van der Waals surface area contributed by atoms with Gasteiger partial charge >= 0.3 is 0 Å². The molecule has 2 aliphatic rings. The van der Waals surface area contributed by atoms with E-state index < -0.39 is 0 Å². The molecule has 5 rings (SSSR count). The molecule has 0 amide bonds. The van der Waals surface area contributed by atoms with Gasteiger partial charge in [-0.15, -0.1) is 11.3 Å². The molecule has 7 heteroatoms. The Labute approximate surface area is 173 Å². The molecule has 1 aromatic carbocycles. The molecule has 0 saturated carbocycles. The molecule has 152 valence electrons. The number of aryl methyl sites for hydroxylation is 2. The van der Waals surface area contributed by atoms with Gasteiger partial charge in [-0.1, -0.05) is 12.1 Å². The van der Waals surface area contributed by atoms with E-state index in [9.17, 15) is 4.39 Å². The van der Waals surface area contributed by atoms with Crippen molar-refractivity contribution in [3.8, 4) is 0 Å². The first-order chi connectivity index (χ1) is 14.2. The van der Waals surface area contributed by atoms with E-state index in [1.54, 1.807) is 0 Å². The summed E-state index contributed by atoms with van der Waals surface area (Å²) in [6.07, 6.45) is 3.45. The second-order valence-corrected chi connectivity index (χ2v) is 8.92. The molecule has 3 heterocycles. The second kappa shape index (κ2) is 7.97. The molecule has 0 spiro atoms. The molecular weight excluding hydrogens is 387 g/mol. The first kappa shape index (κ1) is 18.9. The molecule has 0 radical (unpaired) electrons. The van der Waals surface area contributed by atoms with E-state index in [1.807, 2.05) is 23.5 Å². The molecule has 29 heavy (non-hydrogen) atoms. The van der Waals surface area contributed by atoms with Crippen LogP contribution in [0.3, 0.4) is 0 Å². The minimum atomic E-state index is -0.214. The first-order valence-corrected chi connectivity index (χ1v) is 11.1. The Balaban J connectivity index is 1.49. The number of rotatable bonds is 5. The zero-order chi connectivity index (χ0) is 19.8. The number of morpholine rings is 1. The van der Waals surface area contributed by atoms with Gasteiger partial charge in [0.1, 0.15) is 22.3 Å². The summed E-state index contributed by atoms with van der Waals surface area (Å²) >= 11 is 1.82. The van der Waals surface area contributed by atoms with Crippen molar-refractivity contribution in [3.05, 3.63) is 51.9 Å². The maximum Gasteiger partial charge on any atom is 0.146 e. The first-order valence-electron chi connectivity index (χ1n) is 10.3. The molecule has 0 unspecified atom stereocenters. The van der Waals surface area contributed by atoms with Crippen LogP contribution in [-0.2, 0) is 24.1 Å². The largest absolute Gasteiger partial charge is 0.379 e.